The Hall–Kier alpha value is -1.53. The van der Waals surface area contributed by atoms with Gasteiger partial charge in [-0.05, 0) is 34.1 Å². The highest BCUT2D eigenvalue weighted by atomic mass is 79.9. The van der Waals surface area contributed by atoms with Crippen LogP contribution in [0.5, 0.6) is 0 Å². The summed E-state index contributed by atoms with van der Waals surface area (Å²) in [5, 5.41) is 6.89. The highest BCUT2D eigenvalue weighted by Gasteiger charge is 2.09. The Kier molecular flexibility index (Phi) is 4.22. The SMILES string of the molecule is C=CCNCc1nc(-c2ccc(F)c(Br)c2)no1. The molecular weight excluding hydrogens is 301 g/mol. The Morgan fingerprint density at radius 3 is 3.06 bits per heavy atom. The number of halogens is 2. The lowest BCUT2D eigenvalue weighted by Gasteiger charge is -1.97. The molecular formula is C12H11BrFN3O. The van der Waals surface area contributed by atoms with Crippen LogP contribution < -0.4 is 5.32 Å². The van der Waals surface area contributed by atoms with Crippen molar-refractivity contribution in [3.63, 3.8) is 0 Å². The number of aromatic nitrogens is 2. The van der Waals surface area contributed by atoms with Crippen LogP contribution in [0.25, 0.3) is 11.4 Å². The summed E-state index contributed by atoms with van der Waals surface area (Å²) in [4.78, 5) is 4.21. The molecule has 0 atom stereocenters. The van der Waals surface area contributed by atoms with Crippen molar-refractivity contribution in [3.8, 4) is 11.4 Å². The molecule has 2 rings (SSSR count). The Morgan fingerprint density at radius 2 is 2.33 bits per heavy atom. The molecule has 2 aromatic rings. The largest absolute Gasteiger partial charge is 0.338 e. The molecule has 1 N–H and O–H groups in total. The van der Waals surface area contributed by atoms with E-state index in [0.29, 0.717) is 34.8 Å². The number of hydrogen-bond donors (Lipinski definition) is 1. The van der Waals surface area contributed by atoms with Crippen molar-refractivity contribution in [2.45, 2.75) is 6.54 Å². The van der Waals surface area contributed by atoms with Gasteiger partial charge in [-0.2, -0.15) is 4.98 Å². The van der Waals surface area contributed by atoms with E-state index in [9.17, 15) is 4.39 Å². The van der Waals surface area contributed by atoms with E-state index in [1.54, 1.807) is 18.2 Å². The molecule has 1 heterocycles. The first kappa shape index (κ1) is 12.9. The van der Waals surface area contributed by atoms with Crippen LogP contribution in [-0.2, 0) is 6.54 Å². The van der Waals surface area contributed by atoms with Crippen LogP contribution in [0.4, 0.5) is 4.39 Å². The predicted octanol–water partition coefficient (Wildman–Crippen LogP) is 2.91. The maximum Gasteiger partial charge on any atom is 0.240 e. The van der Waals surface area contributed by atoms with Crippen molar-refractivity contribution in [1.82, 2.24) is 15.5 Å². The summed E-state index contributed by atoms with van der Waals surface area (Å²) in [6.07, 6.45) is 1.74. The Morgan fingerprint density at radius 1 is 1.50 bits per heavy atom. The third-order valence-corrected chi connectivity index (χ3v) is 2.82. The maximum atomic E-state index is 13.1. The van der Waals surface area contributed by atoms with Crippen LogP contribution in [-0.4, -0.2) is 16.7 Å². The van der Waals surface area contributed by atoms with Gasteiger partial charge in [0, 0.05) is 12.1 Å². The van der Waals surface area contributed by atoms with E-state index >= 15 is 0 Å². The molecule has 1 aromatic carbocycles. The predicted molar refractivity (Wildman–Crippen MR) is 69.3 cm³/mol. The molecule has 6 heteroatoms. The van der Waals surface area contributed by atoms with Crippen LogP contribution in [0.15, 0.2) is 39.8 Å². The molecule has 0 amide bonds. The summed E-state index contributed by atoms with van der Waals surface area (Å²) in [6, 6.07) is 4.57. The molecule has 0 radical (unpaired) electrons. The van der Waals surface area contributed by atoms with Crippen molar-refractivity contribution in [2.24, 2.45) is 0 Å². The first-order chi connectivity index (χ1) is 8.70. The topological polar surface area (TPSA) is 51.0 Å². The Labute approximate surface area is 112 Å². The summed E-state index contributed by atoms with van der Waals surface area (Å²) in [5.41, 5.74) is 0.696. The van der Waals surface area contributed by atoms with Gasteiger partial charge in [0.05, 0.1) is 11.0 Å². The molecule has 0 saturated heterocycles. The molecule has 0 spiro atoms. The molecule has 94 valence electrons. The van der Waals surface area contributed by atoms with Gasteiger partial charge >= 0.3 is 0 Å². The molecule has 0 bridgehead atoms. The molecule has 0 fully saturated rings. The fourth-order valence-corrected chi connectivity index (χ4v) is 1.74. The number of hydrogen-bond acceptors (Lipinski definition) is 4. The van der Waals surface area contributed by atoms with E-state index in [0.717, 1.165) is 0 Å². The number of nitrogens with one attached hydrogen (secondary N) is 1. The lowest BCUT2D eigenvalue weighted by molar-refractivity contribution is 0.370. The smallest absolute Gasteiger partial charge is 0.240 e. The fourth-order valence-electron chi connectivity index (χ4n) is 1.36. The second-order valence-electron chi connectivity index (χ2n) is 3.56. The van der Waals surface area contributed by atoms with Gasteiger partial charge < -0.3 is 9.84 Å². The second kappa shape index (κ2) is 5.88. The minimum atomic E-state index is -0.324. The highest BCUT2D eigenvalue weighted by molar-refractivity contribution is 9.10. The summed E-state index contributed by atoms with van der Waals surface area (Å²) >= 11 is 3.12. The number of nitrogens with zero attached hydrogens (tertiary/aromatic N) is 2. The highest BCUT2D eigenvalue weighted by Crippen LogP contribution is 2.23. The van der Waals surface area contributed by atoms with Gasteiger partial charge in [-0.15, -0.1) is 6.58 Å². The van der Waals surface area contributed by atoms with Crippen molar-refractivity contribution in [3.05, 3.63) is 47.0 Å². The van der Waals surface area contributed by atoms with Gasteiger partial charge in [0.25, 0.3) is 0 Å². The molecule has 18 heavy (non-hydrogen) atoms. The molecule has 1 aromatic heterocycles. The summed E-state index contributed by atoms with van der Waals surface area (Å²) in [6.45, 7) is 4.73. The number of benzene rings is 1. The summed E-state index contributed by atoms with van der Waals surface area (Å²) < 4.78 is 18.5. The van der Waals surface area contributed by atoms with Crippen LogP contribution in [0.3, 0.4) is 0 Å². The third-order valence-electron chi connectivity index (χ3n) is 2.21. The summed E-state index contributed by atoms with van der Waals surface area (Å²) in [5.74, 6) is 0.591. The van der Waals surface area contributed by atoms with E-state index in [2.05, 4.69) is 38.0 Å². The first-order valence-corrected chi connectivity index (χ1v) is 6.09. The minimum Gasteiger partial charge on any atom is -0.338 e. The quantitative estimate of drug-likeness (QED) is 0.681. The zero-order chi connectivity index (χ0) is 13.0. The molecule has 0 saturated carbocycles. The van der Waals surface area contributed by atoms with Crippen LogP contribution in [0.2, 0.25) is 0 Å². The van der Waals surface area contributed by atoms with E-state index in [-0.39, 0.29) is 5.82 Å². The van der Waals surface area contributed by atoms with E-state index in [4.69, 9.17) is 4.52 Å². The Bertz CT molecular complexity index is 556. The summed E-state index contributed by atoms with van der Waals surface area (Å²) in [7, 11) is 0. The lowest BCUT2D eigenvalue weighted by atomic mass is 10.2. The average Bonchev–Trinajstić information content (AvgIpc) is 2.82. The molecule has 4 nitrogen and oxygen atoms in total. The van der Waals surface area contributed by atoms with E-state index in [1.807, 2.05) is 0 Å². The number of rotatable bonds is 5. The third kappa shape index (κ3) is 3.02. The molecule has 0 aliphatic rings. The van der Waals surface area contributed by atoms with E-state index < -0.39 is 0 Å². The molecule has 0 aliphatic carbocycles. The van der Waals surface area contributed by atoms with E-state index in [1.165, 1.54) is 6.07 Å². The maximum absolute atomic E-state index is 13.1. The van der Waals surface area contributed by atoms with Gasteiger partial charge in [0.2, 0.25) is 11.7 Å². The van der Waals surface area contributed by atoms with Crippen LogP contribution >= 0.6 is 15.9 Å². The molecule has 0 aliphatic heterocycles. The van der Waals surface area contributed by atoms with Crippen LogP contribution in [0.1, 0.15) is 5.89 Å². The molecule has 0 unspecified atom stereocenters. The Balaban J connectivity index is 2.13. The zero-order valence-electron chi connectivity index (χ0n) is 9.49. The first-order valence-electron chi connectivity index (χ1n) is 5.30. The van der Waals surface area contributed by atoms with Gasteiger partial charge in [0.1, 0.15) is 5.82 Å². The van der Waals surface area contributed by atoms with Crippen LogP contribution in [0, 0.1) is 5.82 Å². The zero-order valence-corrected chi connectivity index (χ0v) is 11.1. The standard InChI is InChI=1S/C12H11BrFN3O/c1-2-5-15-7-11-16-12(17-18-11)8-3-4-10(14)9(13)6-8/h2-4,6,15H,1,5,7H2. The van der Waals surface area contributed by atoms with Crippen molar-refractivity contribution in [2.75, 3.05) is 6.54 Å². The van der Waals surface area contributed by atoms with Gasteiger partial charge in [0.15, 0.2) is 0 Å². The average molecular weight is 312 g/mol. The minimum absolute atomic E-state index is 0.324. The van der Waals surface area contributed by atoms with Crippen molar-refractivity contribution >= 4 is 15.9 Å². The monoisotopic (exact) mass is 311 g/mol. The van der Waals surface area contributed by atoms with Gasteiger partial charge in [-0.3, -0.25) is 0 Å². The van der Waals surface area contributed by atoms with Gasteiger partial charge in [-0.1, -0.05) is 11.2 Å². The lowest BCUT2D eigenvalue weighted by Crippen LogP contribution is -2.12. The van der Waals surface area contributed by atoms with Crippen molar-refractivity contribution < 1.29 is 8.91 Å². The second-order valence-corrected chi connectivity index (χ2v) is 4.41. The van der Waals surface area contributed by atoms with Gasteiger partial charge in [-0.25, -0.2) is 4.39 Å². The fraction of sp³-hybridized carbons (Fsp3) is 0.167. The van der Waals surface area contributed by atoms with Crippen molar-refractivity contribution in [1.29, 1.82) is 0 Å². The normalized spacial score (nSPS) is 10.6.